The number of likely N-dealkylation sites (tertiary alicyclic amines) is 1. The van der Waals surface area contributed by atoms with Crippen LogP contribution in [0.4, 0.5) is 0 Å². The lowest BCUT2D eigenvalue weighted by Gasteiger charge is -2.33. The summed E-state index contributed by atoms with van der Waals surface area (Å²) in [5.41, 5.74) is 6.94. The van der Waals surface area contributed by atoms with Gasteiger partial charge in [0.15, 0.2) is 0 Å². The molecule has 0 bridgehead atoms. The van der Waals surface area contributed by atoms with E-state index in [0.717, 1.165) is 38.8 Å². The van der Waals surface area contributed by atoms with Gasteiger partial charge in [0.2, 0.25) is 5.91 Å². The quantitative estimate of drug-likeness (QED) is 0.896. The van der Waals surface area contributed by atoms with Crippen LogP contribution in [-0.2, 0) is 11.2 Å². The third kappa shape index (κ3) is 4.07. The molecular formula is C17H26N2O. The fourth-order valence-corrected chi connectivity index (χ4v) is 2.99. The highest BCUT2D eigenvalue weighted by Crippen LogP contribution is 2.23. The molecule has 3 nitrogen and oxygen atoms in total. The molecule has 1 amide bonds. The monoisotopic (exact) mass is 274 g/mol. The third-order valence-electron chi connectivity index (χ3n) is 4.31. The molecule has 0 radical (unpaired) electrons. The maximum absolute atomic E-state index is 12.2. The minimum absolute atomic E-state index is 0.0747. The number of piperidine rings is 1. The summed E-state index contributed by atoms with van der Waals surface area (Å²) in [4.78, 5) is 14.3. The van der Waals surface area contributed by atoms with Gasteiger partial charge in [-0.25, -0.2) is 0 Å². The SMILES string of the molecule is CC(CCN)C(=O)N1CCC(Cc2ccccc2)CC1. The Kier molecular flexibility index (Phi) is 5.60. The van der Waals surface area contributed by atoms with E-state index in [-0.39, 0.29) is 11.8 Å². The van der Waals surface area contributed by atoms with Crippen molar-refractivity contribution in [3.63, 3.8) is 0 Å². The second-order valence-corrected chi connectivity index (χ2v) is 5.94. The molecule has 110 valence electrons. The summed E-state index contributed by atoms with van der Waals surface area (Å²) in [5, 5.41) is 0. The Morgan fingerprint density at radius 1 is 1.30 bits per heavy atom. The molecule has 2 N–H and O–H groups in total. The van der Waals surface area contributed by atoms with Crippen LogP contribution in [0.15, 0.2) is 30.3 Å². The van der Waals surface area contributed by atoms with E-state index >= 15 is 0 Å². The van der Waals surface area contributed by atoms with Crippen molar-refractivity contribution in [3.8, 4) is 0 Å². The van der Waals surface area contributed by atoms with Crippen LogP contribution in [0.2, 0.25) is 0 Å². The van der Waals surface area contributed by atoms with Crippen LogP contribution >= 0.6 is 0 Å². The molecule has 1 aromatic rings. The molecular weight excluding hydrogens is 248 g/mol. The van der Waals surface area contributed by atoms with Gasteiger partial charge in [0, 0.05) is 19.0 Å². The van der Waals surface area contributed by atoms with E-state index in [1.807, 2.05) is 11.8 Å². The first-order valence-electron chi connectivity index (χ1n) is 7.73. The van der Waals surface area contributed by atoms with Gasteiger partial charge < -0.3 is 10.6 Å². The number of benzene rings is 1. The molecule has 1 aliphatic rings. The molecule has 1 heterocycles. The molecule has 1 unspecified atom stereocenters. The first-order valence-corrected chi connectivity index (χ1v) is 7.73. The van der Waals surface area contributed by atoms with E-state index in [1.165, 1.54) is 5.56 Å². The molecule has 20 heavy (non-hydrogen) atoms. The van der Waals surface area contributed by atoms with Crippen molar-refractivity contribution in [2.75, 3.05) is 19.6 Å². The van der Waals surface area contributed by atoms with Crippen molar-refractivity contribution >= 4 is 5.91 Å². The van der Waals surface area contributed by atoms with Crippen LogP contribution in [0.1, 0.15) is 31.7 Å². The lowest BCUT2D eigenvalue weighted by molar-refractivity contribution is -0.136. The van der Waals surface area contributed by atoms with Crippen LogP contribution in [0.5, 0.6) is 0 Å². The Morgan fingerprint density at radius 2 is 1.95 bits per heavy atom. The fourth-order valence-electron chi connectivity index (χ4n) is 2.99. The Morgan fingerprint density at radius 3 is 2.55 bits per heavy atom. The smallest absolute Gasteiger partial charge is 0.225 e. The predicted molar refractivity (Wildman–Crippen MR) is 82.3 cm³/mol. The minimum atomic E-state index is 0.0747. The molecule has 1 fully saturated rings. The van der Waals surface area contributed by atoms with E-state index in [1.54, 1.807) is 0 Å². The van der Waals surface area contributed by atoms with Crippen LogP contribution in [0, 0.1) is 11.8 Å². The highest BCUT2D eigenvalue weighted by molar-refractivity contribution is 5.78. The van der Waals surface area contributed by atoms with Gasteiger partial charge in [-0.3, -0.25) is 4.79 Å². The molecule has 2 rings (SSSR count). The Hall–Kier alpha value is -1.35. The second kappa shape index (κ2) is 7.44. The van der Waals surface area contributed by atoms with Gasteiger partial charge in [-0.05, 0) is 43.7 Å². The predicted octanol–water partition coefficient (Wildman–Crippen LogP) is 2.45. The lowest BCUT2D eigenvalue weighted by atomic mass is 9.89. The summed E-state index contributed by atoms with van der Waals surface area (Å²) in [5.74, 6) is 1.07. The fraction of sp³-hybridized carbons (Fsp3) is 0.588. The summed E-state index contributed by atoms with van der Waals surface area (Å²) in [6.45, 7) is 4.40. The van der Waals surface area contributed by atoms with Crippen LogP contribution in [-0.4, -0.2) is 30.4 Å². The maximum Gasteiger partial charge on any atom is 0.225 e. The zero-order valence-electron chi connectivity index (χ0n) is 12.4. The number of carbonyl (C=O) groups is 1. The number of amides is 1. The van der Waals surface area contributed by atoms with Gasteiger partial charge >= 0.3 is 0 Å². The topological polar surface area (TPSA) is 46.3 Å². The van der Waals surface area contributed by atoms with Gasteiger partial charge in [0.25, 0.3) is 0 Å². The van der Waals surface area contributed by atoms with E-state index in [4.69, 9.17) is 5.73 Å². The van der Waals surface area contributed by atoms with Crippen molar-refractivity contribution < 1.29 is 4.79 Å². The molecule has 1 saturated heterocycles. The van der Waals surface area contributed by atoms with Gasteiger partial charge in [-0.15, -0.1) is 0 Å². The van der Waals surface area contributed by atoms with Crippen molar-refractivity contribution in [2.24, 2.45) is 17.6 Å². The maximum atomic E-state index is 12.2. The van der Waals surface area contributed by atoms with E-state index in [0.29, 0.717) is 12.5 Å². The van der Waals surface area contributed by atoms with Gasteiger partial charge in [0.05, 0.1) is 0 Å². The van der Waals surface area contributed by atoms with Gasteiger partial charge in [-0.2, -0.15) is 0 Å². The number of rotatable bonds is 5. The molecule has 0 saturated carbocycles. The Labute approximate surface area is 122 Å². The average molecular weight is 274 g/mol. The normalized spacial score (nSPS) is 18.0. The molecule has 0 spiro atoms. The highest BCUT2D eigenvalue weighted by Gasteiger charge is 2.25. The van der Waals surface area contributed by atoms with Crippen molar-refractivity contribution in [2.45, 2.75) is 32.6 Å². The first-order chi connectivity index (χ1) is 9.70. The second-order valence-electron chi connectivity index (χ2n) is 5.94. The van der Waals surface area contributed by atoms with E-state index in [9.17, 15) is 4.79 Å². The van der Waals surface area contributed by atoms with Gasteiger partial charge in [0.1, 0.15) is 0 Å². The number of carbonyl (C=O) groups excluding carboxylic acids is 1. The van der Waals surface area contributed by atoms with E-state index in [2.05, 4.69) is 30.3 Å². The standard InChI is InChI=1S/C17H26N2O/c1-14(7-10-18)17(20)19-11-8-16(9-12-19)13-15-5-3-2-4-6-15/h2-6,14,16H,7-13,18H2,1H3. The molecule has 1 aromatic carbocycles. The average Bonchev–Trinajstić information content (AvgIpc) is 2.48. The third-order valence-corrected chi connectivity index (χ3v) is 4.31. The first kappa shape index (κ1) is 15.0. The van der Waals surface area contributed by atoms with Crippen LogP contribution < -0.4 is 5.73 Å². The summed E-state index contributed by atoms with van der Waals surface area (Å²) >= 11 is 0. The Balaban J connectivity index is 1.79. The van der Waals surface area contributed by atoms with Gasteiger partial charge in [-0.1, -0.05) is 37.3 Å². The van der Waals surface area contributed by atoms with Crippen molar-refractivity contribution in [1.29, 1.82) is 0 Å². The number of nitrogens with two attached hydrogens (primary N) is 1. The summed E-state index contributed by atoms with van der Waals surface area (Å²) in [6.07, 6.45) is 4.18. The number of hydrogen-bond acceptors (Lipinski definition) is 2. The Bertz CT molecular complexity index is 410. The molecule has 0 aromatic heterocycles. The van der Waals surface area contributed by atoms with Crippen molar-refractivity contribution in [3.05, 3.63) is 35.9 Å². The number of hydrogen-bond donors (Lipinski definition) is 1. The summed E-state index contributed by atoms with van der Waals surface area (Å²) < 4.78 is 0. The highest BCUT2D eigenvalue weighted by atomic mass is 16.2. The van der Waals surface area contributed by atoms with E-state index < -0.39 is 0 Å². The molecule has 1 atom stereocenters. The van der Waals surface area contributed by atoms with Crippen molar-refractivity contribution in [1.82, 2.24) is 4.90 Å². The molecule has 1 aliphatic heterocycles. The zero-order valence-corrected chi connectivity index (χ0v) is 12.4. The lowest BCUT2D eigenvalue weighted by Crippen LogP contribution is -2.41. The summed E-state index contributed by atoms with van der Waals surface area (Å²) in [7, 11) is 0. The molecule has 3 heteroatoms. The van der Waals surface area contributed by atoms with Crippen LogP contribution in [0.25, 0.3) is 0 Å². The zero-order chi connectivity index (χ0) is 14.4. The minimum Gasteiger partial charge on any atom is -0.342 e. The van der Waals surface area contributed by atoms with Crippen LogP contribution in [0.3, 0.4) is 0 Å². The number of nitrogens with zero attached hydrogens (tertiary/aromatic N) is 1. The largest absolute Gasteiger partial charge is 0.342 e. The molecule has 0 aliphatic carbocycles. The summed E-state index contributed by atoms with van der Waals surface area (Å²) in [6, 6.07) is 10.6.